The maximum absolute atomic E-state index is 3.59. The van der Waals surface area contributed by atoms with Crippen LogP contribution in [0.15, 0.2) is 30.3 Å². The predicted molar refractivity (Wildman–Crippen MR) is 54.3 cm³/mol. The van der Waals surface area contributed by atoms with Crippen LogP contribution in [0.3, 0.4) is 0 Å². The summed E-state index contributed by atoms with van der Waals surface area (Å²) in [5, 5.41) is 0. The van der Waals surface area contributed by atoms with Crippen LogP contribution < -0.4 is 0 Å². The first-order valence-electron chi connectivity index (χ1n) is 3.95. The molecule has 2 heteroatoms. The Balaban J connectivity index is 2.61. The van der Waals surface area contributed by atoms with Crippen LogP contribution in [0, 0.1) is 0 Å². The maximum atomic E-state index is 3.59. The Kier molecular flexibility index (Phi) is 4.49. The molecular weight excluding hydrogens is 212 g/mol. The van der Waals surface area contributed by atoms with Gasteiger partial charge in [0.1, 0.15) is 0 Å². The fraction of sp³-hybridized carbons (Fsp3) is 0.333. The number of hydrogen-bond acceptors (Lipinski definition) is 0. The summed E-state index contributed by atoms with van der Waals surface area (Å²) in [7, 11) is 0. The zero-order chi connectivity index (χ0) is 8.10. The van der Waals surface area contributed by atoms with Gasteiger partial charge in [-0.3, -0.25) is 0 Å². The van der Waals surface area contributed by atoms with Gasteiger partial charge in [-0.25, -0.2) is 0 Å². The summed E-state index contributed by atoms with van der Waals surface area (Å²) >= 11 is 3.62. The third-order valence-corrected chi connectivity index (χ3v) is 4.37. The van der Waals surface area contributed by atoms with E-state index < -0.39 is 0 Å². The lowest BCUT2D eigenvalue weighted by molar-refractivity contribution is 0.863. The SMILES string of the molecule is C[C@H]([CH2][Mg][Br])c1ccccc1. The van der Waals surface area contributed by atoms with E-state index >= 15 is 0 Å². The zero-order valence-corrected chi connectivity index (χ0v) is 9.76. The summed E-state index contributed by atoms with van der Waals surface area (Å²) in [6, 6.07) is 10.7. The second kappa shape index (κ2) is 5.17. The average Bonchev–Trinajstić information content (AvgIpc) is 2.07. The normalized spacial score (nSPS) is 12.2. The fourth-order valence-electron chi connectivity index (χ4n) is 1.11. The van der Waals surface area contributed by atoms with E-state index in [9.17, 15) is 0 Å². The van der Waals surface area contributed by atoms with Gasteiger partial charge >= 0.3 is 18.2 Å². The van der Waals surface area contributed by atoms with Gasteiger partial charge in [-0.15, -0.1) is 4.55 Å². The topological polar surface area (TPSA) is 0 Å². The molecule has 1 rings (SSSR count). The molecule has 0 N–H and O–H groups in total. The van der Waals surface area contributed by atoms with Crippen molar-refractivity contribution in [2.75, 3.05) is 0 Å². The number of hydrogen-bond donors (Lipinski definition) is 0. The number of halogens is 1. The van der Waals surface area contributed by atoms with Gasteiger partial charge in [-0.2, -0.15) is 0 Å². The molecule has 0 aromatic heterocycles. The van der Waals surface area contributed by atoms with Gasteiger partial charge in [0.2, 0.25) is 0 Å². The zero-order valence-electron chi connectivity index (χ0n) is 6.76. The largest absolute Gasteiger partial charge is 0.469 e. The molecule has 0 amide bonds. The van der Waals surface area contributed by atoms with Crippen molar-refractivity contribution in [2.45, 2.75) is 17.4 Å². The molecule has 56 valence electrons. The Bertz CT molecular complexity index is 198. The number of benzene rings is 1. The highest BCUT2D eigenvalue weighted by atomic mass is 79.9. The second-order valence-corrected chi connectivity index (χ2v) is 6.12. The van der Waals surface area contributed by atoms with Crippen LogP contribution in [-0.4, -0.2) is 18.2 Å². The van der Waals surface area contributed by atoms with Crippen molar-refractivity contribution in [3.8, 4) is 0 Å². The molecule has 0 bridgehead atoms. The Morgan fingerprint density at radius 3 is 2.55 bits per heavy atom. The highest BCUT2D eigenvalue weighted by Gasteiger charge is 2.03. The van der Waals surface area contributed by atoms with Crippen LogP contribution in [0.2, 0.25) is 4.55 Å². The summed E-state index contributed by atoms with van der Waals surface area (Å²) in [6.07, 6.45) is 0. The molecule has 1 aromatic rings. The monoisotopic (exact) mass is 222 g/mol. The summed E-state index contributed by atoms with van der Waals surface area (Å²) in [6.45, 7) is 2.30. The fourth-order valence-corrected chi connectivity index (χ4v) is 3.83. The molecule has 0 fully saturated rings. The van der Waals surface area contributed by atoms with E-state index in [1.807, 2.05) is 0 Å². The second-order valence-electron chi connectivity index (χ2n) is 2.79. The molecule has 0 spiro atoms. The molecule has 0 unspecified atom stereocenters. The molecule has 0 radical (unpaired) electrons. The summed E-state index contributed by atoms with van der Waals surface area (Å²) < 4.78 is 1.35. The molecule has 0 saturated carbocycles. The minimum absolute atomic E-state index is 0.0352. The van der Waals surface area contributed by atoms with Crippen molar-refractivity contribution < 1.29 is 0 Å². The molecule has 0 aliphatic rings. The lowest BCUT2D eigenvalue weighted by Crippen LogP contribution is -1.93. The van der Waals surface area contributed by atoms with Gasteiger partial charge in [0, 0.05) is 0 Å². The average molecular weight is 223 g/mol. The van der Waals surface area contributed by atoms with E-state index in [0.717, 1.165) is 5.92 Å². The van der Waals surface area contributed by atoms with E-state index in [0.29, 0.717) is 0 Å². The standard InChI is InChI=1S/C9H11.BrH.Mg/c1-8(2)9-6-4-3-5-7-9;;/h3-8H,1H2,2H3;1H;/q;;+1/p-1/t8-;;/m0../s1. The van der Waals surface area contributed by atoms with E-state index in [-0.39, 0.29) is 18.2 Å². The van der Waals surface area contributed by atoms with E-state index in [4.69, 9.17) is 0 Å². The van der Waals surface area contributed by atoms with Crippen molar-refractivity contribution in [1.29, 1.82) is 0 Å². The molecule has 0 nitrogen and oxygen atoms in total. The molecule has 0 saturated heterocycles. The van der Waals surface area contributed by atoms with Crippen LogP contribution >= 0.6 is 12.9 Å². The van der Waals surface area contributed by atoms with Crippen molar-refractivity contribution in [2.24, 2.45) is 0 Å². The maximum Gasteiger partial charge on any atom is 0.469 e. The molecule has 1 aromatic carbocycles. The summed E-state index contributed by atoms with van der Waals surface area (Å²) in [5.74, 6) is 0.738. The van der Waals surface area contributed by atoms with E-state index in [1.165, 1.54) is 10.1 Å². The minimum atomic E-state index is 0.0352. The van der Waals surface area contributed by atoms with Crippen LogP contribution in [0.25, 0.3) is 0 Å². The highest BCUT2D eigenvalue weighted by Crippen LogP contribution is 2.18. The van der Waals surface area contributed by atoms with E-state index in [2.05, 4.69) is 50.1 Å². The van der Waals surface area contributed by atoms with Gasteiger partial charge in [-0.1, -0.05) is 37.3 Å². The van der Waals surface area contributed by atoms with Crippen LogP contribution in [0.4, 0.5) is 0 Å². The van der Waals surface area contributed by atoms with Gasteiger partial charge < -0.3 is 12.9 Å². The Labute approximate surface area is 84.0 Å². The molecule has 0 heterocycles. The van der Waals surface area contributed by atoms with Gasteiger partial charge in [0.15, 0.2) is 0 Å². The van der Waals surface area contributed by atoms with Crippen LogP contribution in [0.5, 0.6) is 0 Å². The molecular formula is C9H11BrMg. The quantitative estimate of drug-likeness (QED) is 0.690. The third kappa shape index (κ3) is 3.14. The van der Waals surface area contributed by atoms with Crippen LogP contribution in [-0.2, 0) is 0 Å². The predicted octanol–water partition coefficient (Wildman–Crippen LogP) is 3.22. The third-order valence-electron chi connectivity index (χ3n) is 1.91. The molecule has 1 atom stereocenters. The van der Waals surface area contributed by atoms with Gasteiger partial charge in [-0.05, 0) is 11.5 Å². The van der Waals surface area contributed by atoms with Crippen molar-refractivity contribution in [1.82, 2.24) is 0 Å². The molecule has 0 aliphatic heterocycles. The minimum Gasteiger partial charge on any atom is -0.307 e. The Morgan fingerprint density at radius 2 is 2.00 bits per heavy atom. The highest BCUT2D eigenvalue weighted by molar-refractivity contribution is 9.23. The first kappa shape index (κ1) is 9.55. The Hall–Kier alpha value is 0.466. The van der Waals surface area contributed by atoms with Crippen molar-refractivity contribution in [3.05, 3.63) is 35.9 Å². The summed E-state index contributed by atoms with van der Waals surface area (Å²) in [4.78, 5) is 0. The van der Waals surface area contributed by atoms with Crippen molar-refractivity contribution >= 4 is 31.1 Å². The van der Waals surface area contributed by atoms with Crippen molar-refractivity contribution in [3.63, 3.8) is 0 Å². The van der Waals surface area contributed by atoms with E-state index in [1.54, 1.807) is 0 Å². The van der Waals surface area contributed by atoms with Gasteiger partial charge in [0.25, 0.3) is 0 Å². The van der Waals surface area contributed by atoms with Gasteiger partial charge in [0.05, 0.1) is 0 Å². The lowest BCUT2D eigenvalue weighted by atomic mass is 10.0. The number of rotatable bonds is 3. The van der Waals surface area contributed by atoms with Crippen LogP contribution in [0.1, 0.15) is 18.4 Å². The first-order chi connectivity index (χ1) is 5.34. The lowest BCUT2D eigenvalue weighted by Gasteiger charge is -2.08. The molecule has 0 aliphatic carbocycles. The molecule has 11 heavy (non-hydrogen) atoms. The first-order valence-corrected chi connectivity index (χ1v) is 8.85. The smallest absolute Gasteiger partial charge is 0.307 e. The summed E-state index contributed by atoms with van der Waals surface area (Å²) in [5.41, 5.74) is 1.47. The Morgan fingerprint density at radius 1 is 1.36 bits per heavy atom.